The van der Waals surface area contributed by atoms with E-state index in [0.717, 1.165) is 24.4 Å². The number of nitrogen functional groups attached to an aromatic ring is 1. The van der Waals surface area contributed by atoms with Gasteiger partial charge >= 0.3 is 0 Å². The normalized spacial score (nSPS) is 10.4. The number of anilines is 2. The molecule has 1 aromatic carbocycles. The first kappa shape index (κ1) is 15.6. The van der Waals surface area contributed by atoms with Crippen LogP contribution in [0, 0.1) is 0 Å². The maximum absolute atomic E-state index is 5.85. The quantitative estimate of drug-likeness (QED) is 0.502. The SMILES string of the molecule is CCCOc1cc(NCCOCCOC)ccc1N. The van der Waals surface area contributed by atoms with Gasteiger partial charge in [-0.25, -0.2) is 0 Å². The summed E-state index contributed by atoms with van der Waals surface area (Å²) >= 11 is 0. The molecule has 108 valence electrons. The van der Waals surface area contributed by atoms with Crippen molar-refractivity contribution in [1.29, 1.82) is 0 Å². The van der Waals surface area contributed by atoms with Crippen molar-refractivity contribution < 1.29 is 14.2 Å². The van der Waals surface area contributed by atoms with E-state index in [1.807, 2.05) is 18.2 Å². The molecule has 1 aromatic rings. The lowest BCUT2D eigenvalue weighted by molar-refractivity contribution is 0.0759. The third-order valence-corrected chi connectivity index (χ3v) is 2.48. The number of nitrogens with two attached hydrogens (primary N) is 1. The highest BCUT2D eigenvalue weighted by Gasteiger charge is 2.01. The third kappa shape index (κ3) is 6.31. The smallest absolute Gasteiger partial charge is 0.144 e. The third-order valence-electron chi connectivity index (χ3n) is 2.48. The van der Waals surface area contributed by atoms with Gasteiger partial charge in [0.15, 0.2) is 0 Å². The fourth-order valence-electron chi connectivity index (χ4n) is 1.49. The average molecular weight is 268 g/mol. The van der Waals surface area contributed by atoms with Crippen LogP contribution < -0.4 is 15.8 Å². The van der Waals surface area contributed by atoms with Gasteiger partial charge in [-0.2, -0.15) is 0 Å². The number of nitrogens with one attached hydrogen (secondary N) is 1. The molecule has 0 bridgehead atoms. The van der Waals surface area contributed by atoms with Crippen LogP contribution in [0.15, 0.2) is 18.2 Å². The van der Waals surface area contributed by atoms with Crippen LogP contribution in [0.25, 0.3) is 0 Å². The lowest BCUT2D eigenvalue weighted by atomic mass is 10.2. The van der Waals surface area contributed by atoms with E-state index in [2.05, 4.69) is 12.2 Å². The van der Waals surface area contributed by atoms with E-state index in [9.17, 15) is 0 Å². The molecule has 1 rings (SSSR count). The number of ether oxygens (including phenoxy) is 3. The van der Waals surface area contributed by atoms with Crippen molar-refractivity contribution >= 4 is 11.4 Å². The largest absolute Gasteiger partial charge is 0.491 e. The molecule has 0 fully saturated rings. The Balaban J connectivity index is 2.33. The number of benzene rings is 1. The topological polar surface area (TPSA) is 65.7 Å². The molecule has 0 unspecified atom stereocenters. The average Bonchev–Trinajstić information content (AvgIpc) is 2.43. The van der Waals surface area contributed by atoms with Gasteiger partial charge < -0.3 is 25.3 Å². The number of methoxy groups -OCH3 is 1. The minimum Gasteiger partial charge on any atom is -0.491 e. The predicted octanol–water partition coefficient (Wildman–Crippen LogP) is 2.13. The highest BCUT2D eigenvalue weighted by molar-refractivity contribution is 5.61. The van der Waals surface area contributed by atoms with Gasteiger partial charge in [0.25, 0.3) is 0 Å². The van der Waals surface area contributed by atoms with Crippen molar-refractivity contribution in [3.8, 4) is 5.75 Å². The molecule has 0 amide bonds. The molecular formula is C14H24N2O3. The van der Waals surface area contributed by atoms with E-state index < -0.39 is 0 Å². The fourth-order valence-corrected chi connectivity index (χ4v) is 1.49. The first-order chi connectivity index (χ1) is 9.27. The van der Waals surface area contributed by atoms with E-state index in [-0.39, 0.29) is 0 Å². The Labute approximate surface area is 115 Å². The molecule has 0 saturated carbocycles. The van der Waals surface area contributed by atoms with Crippen LogP contribution in [0.1, 0.15) is 13.3 Å². The van der Waals surface area contributed by atoms with Crippen LogP contribution in [-0.4, -0.2) is 40.1 Å². The van der Waals surface area contributed by atoms with Gasteiger partial charge in [0.05, 0.1) is 32.1 Å². The second-order valence-electron chi connectivity index (χ2n) is 4.13. The Morgan fingerprint density at radius 1 is 1.16 bits per heavy atom. The molecular weight excluding hydrogens is 244 g/mol. The predicted molar refractivity (Wildman–Crippen MR) is 77.8 cm³/mol. The Bertz CT molecular complexity index is 359. The number of rotatable bonds is 10. The molecule has 0 atom stereocenters. The van der Waals surface area contributed by atoms with Crippen LogP contribution in [-0.2, 0) is 9.47 Å². The summed E-state index contributed by atoms with van der Waals surface area (Å²) < 4.78 is 15.8. The minimum atomic E-state index is 0.616. The van der Waals surface area contributed by atoms with Crippen molar-refractivity contribution in [2.75, 3.05) is 51.1 Å². The van der Waals surface area contributed by atoms with Crippen molar-refractivity contribution in [1.82, 2.24) is 0 Å². The van der Waals surface area contributed by atoms with Crippen LogP contribution in [0.3, 0.4) is 0 Å². The zero-order valence-electron chi connectivity index (χ0n) is 11.8. The Kier molecular flexibility index (Phi) is 7.77. The summed E-state index contributed by atoms with van der Waals surface area (Å²) in [5.41, 5.74) is 7.49. The molecule has 5 heteroatoms. The van der Waals surface area contributed by atoms with Crippen molar-refractivity contribution in [2.45, 2.75) is 13.3 Å². The van der Waals surface area contributed by atoms with Crippen LogP contribution in [0.5, 0.6) is 5.75 Å². The van der Waals surface area contributed by atoms with Crippen LogP contribution in [0.2, 0.25) is 0 Å². The molecule has 0 saturated heterocycles. The molecule has 0 radical (unpaired) electrons. The Morgan fingerprint density at radius 3 is 2.74 bits per heavy atom. The summed E-state index contributed by atoms with van der Waals surface area (Å²) in [6, 6.07) is 5.70. The molecule has 5 nitrogen and oxygen atoms in total. The van der Waals surface area contributed by atoms with E-state index >= 15 is 0 Å². The molecule has 0 aliphatic carbocycles. The maximum Gasteiger partial charge on any atom is 0.144 e. The first-order valence-electron chi connectivity index (χ1n) is 6.60. The van der Waals surface area contributed by atoms with E-state index in [4.69, 9.17) is 19.9 Å². The monoisotopic (exact) mass is 268 g/mol. The summed E-state index contributed by atoms with van der Waals surface area (Å²) in [7, 11) is 1.66. The second kappa shape index (κ2) is 9.47. The summed E-state index contributed by atoms with van der Waals surface area (Å²) in [4.78, 5) is 0. The molecule has 0 aromatic heterocycles. The van der Waals surface area contributed by atoms with E-state index in [1.54, 1.807) is 7.11 Å². The lowest BCUT2D eigenvalue weighted by Gasteiger charge is -2.11. The van der Waals surface area contributed by atoms with Gasteiger partial charge in [0.1, 0.15) is 5.75 Å². The van der Waals surface area contributed by atoms with Crippen LogP contribution >= 0.6 is 0 Å². The number of hydrogen-bond donors (Lipinski definition) is 2. The zero-order valence-corrected chi connectivity index (χ0v) is 11.8. The first-order valence-corrected chi connectivity index (χ1v) is 6.60. The summed E-state index contributed by atoms with van der Waals surface area (Å²) in [6.45, 7) is 5.35. The van der Waals surface area contributed by atoms with Gasteiger partial charge in [-0.05, 0) is 18.6 Å². The van der Waals surface area contributed by atoms with E-state index in [0.29, 0.717) is 32.1 Å². The molecule has 0 aliphatic heterocycles. The number of hydrogen-bond acceptors (Lipinski definition) is 5. The molecule has 0 aliphatic rings. The second-order valence-corrected chi connectivity index (χ2v) is 4.13. The molecule has 0 heterocycles. The van der Waals surface area contributed by atoms with Gasteiger partial charge in [-0.3, -0.25) is 0 Å². The van der Waals surface area contributed by atoms with Crippen LogP contribution in [0.4, 0.5) is 11.4 Å². The van der Waals surface area contributed by atoms with Crippen molar-refractivity contribution in [2.24, 2.45) is 0 Å². The van der Waals surface area contributed by atoms with Gasteiger partial charge in [0.2, 0.25) is 0 Å². The lowest BCUT2D eigenvalue weighted by Crippen LogP contribution is -2.12. The molecule has 3 N–H and O–H groups in total. The summed E-state index contributed by atoms with van der Waals surface area (Å²) in [5.74, 6) is 0.729. The highest BCUT2D eigenvalue weighted by Crippen LogP contribution is 2.25. The maximum atomic E-state index is 5.85. The fraction of sp³-hybridized carbons (Fsp3) is 0.571. The molecule has 19 heavy (non-hydrogen) atoms. The van der Waals surface area contributed by atoms with Crippen molar-refractivity contribution in [3.05, 3.63) is 18.2 Å². The summed E-state index contributed by atoms with van der Waals surface area (Å²) in [5, 5.41) is 3.26. The minimum absolute atomic E-state index is 0.616. The highest BCUT2D eigenvalue weighted by atomic mass is 16.5. The van der Waals surface area contributed by atoms with E-state index in [1.165, 1.54) is 0 Å². The van der Waals surface area contributed by atoms with Gasteiger partial charge in [-0.1, -0.05) is 6.92 Å². The van der Waals surface area contributed by atoms with Gasteiger partial charge in [-0.15, -0.1) is 0 Å². The Hall–Kier alpha value is -1.46. The molecule has 0 spiro atoms. The van der Waals surface area contributed by atoms with Crippen molar-refractivity contribution in [3.63, 3.8) is 0 Å². The Morgan fingerprint density at radius 2 is 2.00 bits per heavy atom. The zero-order chi connectivity index (χ0) is 13.9. The summed E-state index contributed by atoms with van der Waals surface area (Å²) in [6.07, 6.45) is 0.963. The standard InChI is InChI=1S/C14H24N2O3/c1-3-7-19-14-11-12(4-5-13(14)15)16-6-8-18-10-9-17-2/h4-5,11,16H,3,6-10,15H2,1-2H3. The van der Waals surface area contributed by atoms with Gasteiger partial charge in [0, 0.05) is 25.4 Å².